The molecule has 1 aromatic rings. The Morgan fingerprint density at radius 1 is 1.82 bits per heavy atom. The van der Waals surface area contributed by atoms with E-state index in [-0.39, 0.29) is 5.76 Å². The van der Waals surface area contributed by atoms with E-state index in [2.05, 4.69) is 4.52 Å². The molecule has 60 valence electrons. The van der Waals surface area contributed by atoms with Crippen molar-refractivity contribution in [2.45, 2.75) is 6.04 Å². The minimum Gasteiger partial charge on any atom is -0.548 e. The number of aromatic nitrogens is 1. The van der Waals surface area contributed by atoms with Gasteiger partial charge in [-0.15, -0.1) is 0 Å². The van der Waals surface area contributed by atoms with Crippen LogP contribution in [0, 0.1) is 0 Å². The Hall–Kier alpha value is -1.56. The van der Waals surface area contributed by atoms with Crippen LogP contribution in [-0.4, -0.2) is 11.1 Å². The number of hydrogen-bond acceptors (Lipinski definition) is 5. The Morgan fingerprint density at radius 3 is 2.82 bits per heavy atom. The van der Waals surface area contributed by atoms with Crippen LogP contribution in [0.5, 0.6) is 0 Å². The molecule has 0 aromatic carbocycles. The van der Waals surface area contributed by atoms with E-state index in [1.54, 1.807) is 0 Å². The van der Waals surface area contributed by atoms with E-state index in [1.807, 2.05) is 5.16 Å². The summed E-state index contributed by atoms with van der Waals surface area (Å²) in [6, 6.07) is -0.436. The first-order chi connectivity index (χ1) is 5.11. The lowest BCUT2D eigenvalue weighted by Gasteiger charge is -2.06. The Bertz CT molecular complexity index is 312. The lowest BCUT2D eigenvalue weighted by Crippen LogP contribution is -2.34. The SMILES string of the molecule is NC(C(=O)[O-])c1cc(=O)[nH]o1. The molecule has 0 amide bonds. The van der Waals surface area contributed by atoms with Gasteiger partial charge in [-0.3, -0.25) is 4.79 Å². The molecule has 0 saturated carbocycles. The van der Waals surface area contributed by atoms with Crippen molar-refractivity contribution in [3.05, 3.63) is 22.2 Å². The van der Waals surface area contributed by atoms with Crippen molar-refractivity contribution in [2.75, 3.05) is 0 Å². The van der Waals surface area contributed by atoms with Crippen LogP contribution < -0.4 is 16.4 Å². The molecule has 0 aliphatic carbocycles. The van der Waals surface area contributed by atoms with Gasteiger partial charge in [-0.2, -0.15) is 5.16 Å². The molecule has 3 N–H and O–H groups in total. The normalized spacial score (nSPS) is 12.8. The summed E-state index contributed by atoms with van der Waals surface area (Å²) < 4.78 is 4.40. The third kappa shape index (κ3) is 1.47. The standard InChI is InChI=1S/C5H6N2O4/c6-4(5(9)10)2-1-3(8)7-11-2/h1,4H,6H2,(H,7,8)(H,9,10)/p-1. The third-order valence-electron chi connectivity index (χ3n) is 1.10. The number of aromatic amines is 1. The van der Waals surface area contributed by atoms with Crippen molar-refractivity contribution in [3.8, 4) is 0 Å². The first-order valence-electron chi connectivity index (χ1n) is 2.76. The summed E-state index contributed by atoms with van der Waals surface area (Å²) in [5, 5.41) is 12.0. The molecular weight excluding hydrogens is 152 g/mol. The van der Waals surface area contributed by atoms with E-state index >= 15 is 0 Å². The first-order valence-corrected chi connectivity index (χ1v) is 2.76. The number of H-pyrrole nitrogens is 1. The predicted molar refractivity (Wildman–Crippen MR) is 31.3 cm³/mol. The molecule has 1 atom stereocenters. The van der Waals surface area contributed by atoms with Gasteiger partial charge in [0.25, 0.3) is 5.56 Å². The quantitative estimate of drug-likeness (QED) is 0.502. The van der Waals surface area contributed by atoms with Crippen molar-refractivity contribution in [1.82, 2.24) is 5.16 Å². The highest BCUT2D eigenvalue weighted by Gasteiger charge is 2.10. The van der Waals surface area contributed by atoms with Crippen LogP contribution in [0.15, 0.2) is 15.4 Å². The van der Waals surface area contributed by atoms with Gasteiger partial charge in [0.1, 0.15) is 6.04 Å². The summed E-state index contributed by atoms with van der Waals surface area (Å²) in [5.74, 6) is -1.64. The number of nitrogens with two attached hydrogens (primary N) is 1. The average molecular weight is 157 g/mol. The fraction of sp³-hybridized carbons (Fsp3) is 0.200. The number of carboxylic acids is 1. The monoisotopic (exact) mass is 157 g/mol. The van der Waals surface area contributed by atoms with Gasteiger partial charge in [0.2, 0.25) is 0 Å². The average Bonchev–Trinajstić information content (AvgIpc) is 2.34. The van der Waals surface area contributed by atoms with Crippen molar-refractivity contribution >= 4 is 5.97 Å². The highest BCUT2D eigenvalue weighted by Crippen LogP contribution is 2.03. The molecule has 1 rings (SSSR count). The van der Waals surface area contributed by atoms with Gasteiger partial charge in [-0.05, 0) is 0 Å². The van der Waals surface area contributed by atoms with Crippen molar-refractivity contribution in [1.29, 1.82) is 0 Å². The maximum atomic E-state index is 10.4. The van der Waals surface area contributed by atoms with Crippen molar-refractivity contribution in [3.63, 3.8) is 0 Å². The molecule has 0 fully saturated rings. The molecule has 0 aliphatic heterocycles. The smallest absolute Gasteiger partial charge is 0.280 e. The lowest BCUT2D eigenvalue weighted by molar-refractivity contribution is -0.308. The summed E-state index contributed by atoms with van der Waals surface area (Å²) in [7, 11) is 0. The van der Waals surface area contributed by atoms with Gasteiger partial charge < -0.3 is 20.2 Å². The summed E-state index contributed by atoms with van der Waals surface area (Å²) in [4.78, 5) is 20.5. The maximum absolute atomic E-state index is 10.4. The second-order valence-corrected chi connectivity index (χ2v) is 1.91. The zero-order valence-corrected chi connectivity index (χ0v) is 5.37. The highest BCUT2D eigenvalue weighted by atomic mass is 16.5. The third-order valence-corrected chi connectivity index (χ3v) is 1.10. The summed E-state index contributed by atoms with van der Waals surface area (Å²) in [6.07, 6.45) is 0. The molecule has 11 heavy (non-hydrogen) atoms. The second-order valence-electron chi connectivity index (χ2n) is 1.91. The molecule has 0 radical (unpaired) electrons. The lowest BCUT2D eigenvalue weighted by atomic mass is 10.2. The zero-order chi connectivity index (χ0) is 8.43. The zero-order valence-electron chi connectivity index (χ0n) is 5.37. The molecule has 0 spiro atoms. The van der Waals surface area contributed by atoms with Gasteiger partial charge >= 0.3 is 0 Å². The largest absolute Gasteiger partial charge is 0.548 e. The molecule has 1 unspecified atom stereocenters. The number of rotatable bonds is 2. The molecule has 0 saturated heterocycles. The minimum absolute atomic E-state index is 0.144. The molecular formula is C5H5N2O4-. The van der Waals surface area contributed by atoms with E-state index in [9.17, 15) is 14.7 Å². The number of carboxylic acid groups (broad SMARTS) is 1. The highest BCUT2D eigenvalue weighted by molar-refractivity contribution is 5.71. The van der Waals surface area contributed by atoms with Gasteiger partial charge in [-0.1, -0.05) is 0 Å². The Balaban J connectivity index is 2.93. The van der Waals surface area contributed by atoms with Crippen molar-refractivity contribution < 1.29 is 14.4 Å². The fourth-order valence-corrected chi connectivity index (χ4v) is 0.567. The number of hydrogen-bond donors (Lipinski definition) is 2. The minimum atomic E-state index is -1.49. The van der Waals surface area contributed by atoms with Gasteiger partial charge in [-0.25, -0.2) is 0 Å². The maximum Gasteiger partial charge on any atom is 0.280 e. The number of carbonyl (C=O) groups is 1. The molecule has 1 aromatic heterocycles. The summed E-state index contributed by atoms with van der Waals surface area (Å²) in [5.41, 5.74) is 4.51. The second kappa shape index (κ2) is 2.59. The Morgan fingerprint density at radius 2 is 2.45 bits per heavy atom. The van der Waals surface area contributed by atoms with E-state index in [0.29, 0.717) is 0 Å². The van der Waals surface area contributed by atoms with Crippen LogP contribution in [-0.2, 0) is 4.79 Å². The summed E-state index contributed by atoms with van der Waals surface area (Å²) >= 11 is 0. The van der Waals surface area contributed by atoms with Crippen LogP contribution in [0.1, 0.15) is 11.8 Å². The summed E-state index contributed by atoms with van der Waals surface area (Å²) in [6.45, 7) is 0. The topological polar surface area (TPSA) is 112 Å². The Kier molecular flexibility index (Phi) is 1.77. The molecule has 6 nitrogen and oxygen atoms in total. The van der Waals surface area contributed by atoms with Crippen molar-refractivity contribution in [2.24, 2.45) is 5.73 Å². The molecule has 0 aliphatic rings. The van der Waals surface area contributed by atoms with E-state index in [1.165, 1.54) is 0 Å². The first kappa shape index (κ1) is 7.55. The number of carbonyl (C=O) groups excluding carboxylic acids is 1. The van der Waals surface area contributed by atoms with Gasteiger partial charge in [0.05, 0.1) is 5.97 Å². The predicted octanol–water partition coefficient (Wildman–Crippen LogP) is -2.28. The van der Waals surface area contributed by atoms with Gasteiger partial charge in [0, 0.05) is 6.07 Å². The van der Waals surface area contributed by atoms with E-state index < -0.39 is 17.6 Å². The number of nitrogens with one attached hydrogen (secondary N) is 1. The van der Waals surface area contributed by atoms with Crippen LogP contribution >= 0.6 is 0 Å². The fourth-order valence-electron chi connectivity index (χ4n) is 0.567. The molecule has 0 bridgehead atoms. The molecule has 1 heterocycles. The van der Waals surface area contributed by atoms with Crippen LogP contribution in [0.4, 0.5) is 0 Å². The van der Waals surface area contributed by atoms with Crippen LogP contribution in [0.3, 0.4) is 0 Å². The van der Waals surface area contributed by atoms with Gasteiger partial charge in [0.15, 0.2) is 5.76 Å². The van der Waals surface area contributed by atoms with Crippen LogP contribution in [0.2, 0.25) is 0 Å². The van der Waals surface area contributed by atoms with E-state index in [4.69, 9.17) is 5.73 Å². The molecule has 6 heteroatoms. The Labute approximate surface area is 60.6 Å². The van der Waals surface area contributed by atoms with Crippen LogP contribution in [0.25, 0.3) is 0 Å². The van der Waals surface area contributed by atoms with E-state index in [0.717, 1.165) is 6.07 Å². The number of aliphatic carboxylic acids is 1.